The summed E-state index contributed by atoms with van der Waals surface area (Å²) < 4.78 is 19.0. The summed E-state index contributed by atoms with van der Waals surface area (Å²) in [5.41, 5.74) is 4.60. The van der Waals surface area contributed by atoms with Crippen molar-refractivity contribution in [3.8, 4) is 34.2 Å². The Balaban J connectivity index is 1.11. The van der Waals surface area contributed by atoms with Gasteiger partial charge in [-0.2, -0.15) is 4.98 Å². The molecular weight excluding hydrogens is 498 g/mol. The van der Waals surface area contributed by atoms with Crippen molar-refractivity contribution in [2.75, 3.05) is 13.2 Å². The van der Waals surface area contributed by atoms with E-state index in [9.17, 15) is 5.11 Å². The third-order valence-electron chi connectivity index (χ3n) is 6.57. The Hall–Kier alpha value is -3.90. The lowest BCUT2D eigenvalue weighted by Crippen LogP contribution is -2.34. The van der Waals surface area contributed by atoms with Crippen LogP contribution in [0.15, 0.2) is 61.3 Å². The van der Waals surface area contributed by atoms with Gasteiger partial charge in [0.15, 0.2) is 11.8 Å². The van der Waals surface area contributed by atoms with Gasteiger partial charge in [-0.05, 0) is 23.8 Å². The van der Waals surface area contributed by atoms with Crippen molar-refractivity contribution in [2.45, 2.75) is 24.4 Å². The molecule has 4 atom stereocenters. The van der Waals surface area contributed by atoms with E-state index in [4.69, 9.17) is 25.8 Å². The Morgan fingerprint density at radius 2 is 1.70 bits per heavy atom. The molecule has 0 spiro atoms. The van der Waals surface area contributed by atoms with Crippen molar-refractivity contribution in [1.82, 2.24) is 34.7 Å². The smallest absolute Gasteiger partial charge is 0.296 e. The normalized spacial score (nSPS) is 23.0. The highest BCUT2D eigenvalue weighted by Crippen LogP contribution is 2.33. The summed E-state index contributed by atoms with van der Waals surface area (Å²) in [5, 5.41) is 18.0. The number of halogens is 1. The van der Waals surface area contributed by atoms with E-state index in [2.05, 4.69) is 30.1 Å². The average Bonchev–Trinajstić information content (AvgIpc) is 3.71. The predicted molar refractivity (Wildman–Crippen MR) is 132 cm³/mol. The Labute approximate surface area is 215 Å². The molecule has 0 bridgehead atoms. The second kappa shape index (κ2) is 8.89. The van der Waals surface area contributed by atoms with E-state index in [0.29, 0.717) is 34.5 Å². The Morgan fingerprint density at radius 3 is 2.49 bits per heavy atom. The van der Waals surface area contributed by atoms with E-state index in [0.717, 1.165) is 22.5 Å². The van der Waals surface area contributed by atoms with Gasteiger partial charge in [0.2, 0.25) is 0 Å². The number of fused-ring (bicyclic) bond motifs is 2. The van der Waals surface area contributed by atoms with Gasteiger partial charge in [0.1, 0.15) is 36.8 Å². The van der Waals surface area contributed by atoms with Crippen molar-refractivity contribution in [2.24, 2.45) is 0 Å². The van der Waals surface area contributed by atoms with Crippen molar-refractivity contribution in [3.63, 3.8) is 0 Å². The van der Waals surface area contributed by atoms with Crippen molar-refractivity contribution < 1.29 is 19.3 Å². The van der Waals surface area contributed by atoms with E-state index in [-0.39, 0.29) is 24.9 Å². The molecule has 2 fully saturated rings. The second-order valence-electron chi connectivity index (χ2n) is 8.90. The first kappa shape index (κ1) is 22.3. The monoisotopic (exact) mass is 517 g/mol. The number of hydrogen-bond donors (Lipinski definition) is 2. The number of aromatic nitrogens is 7. The van der Waals surface area contributed by atoms with E-state index in [1.807, 2.05) is 42.6 Å². The van der Waals surface area contributed by atoms with E-state index >= 15 is 0 Å². The van der Waals surface area contributed by atoms with Crippen molar-refractivity contribution in [1.29, 1.82) is 0 Å². The maximum absolute atomic E-state index is 9.93. The van der Waals surface area contributed by atoms with Gasteiger partial charge in [0, 0.05) is 17.3 Å². The molecule has 5 aromatic rings. The van der Waals surface area contributed by atoms with Crippen LogP contribution in [0.5, 0.6) is 6.01 Å². The molecule has 0 aliphatic carbocycles. The second-order valence-corrected chi connectivity index (χ2v) is 9.31. The predicted octanol–water partition coefficient (Wildman–Crippen LogP) is 2.83. The fraction of sp³-hybridized carbons (Fsp3) is 0.240. The number of imidazole rings is 1. The lowest BCUT2D eigenvalue weighted by Gasteiger charge is -2.15. The number of benzene rings is 1. The third-order valence-corrected chi connectivity index (χ3v) is 6.86. The number of pyridine rings is 2. The molecule has 2 saturated heterocycles. The summed E-state index contributed by atoms with van der Waals surface area (Å²) in [6.45, 7) is 0.550. The average molecular weight is 518 g/mol. The van der Waals surface area contributed by atoms with Gasteiger partial charge in [0.25, 0.3) is 6.01 Å². The Bertz CT molecular complexity index is 1560. The molecule has 1 aromatic carbocycles. The van der Waals surface area contributed by atoms with Gasteiger partial charge in [-0.1, -0.05) is 35.9 Å². The Morgan fingerprint density at radius 1 is 0.946 bits per heavy atom. The van der Waals surface area contributed by atoms with Crippen LogP contribution in [0.1, 0.15) is 0 Å². The first-order valence-corrected chi connectivity index (χ1v) is 12.1. The molecule has 186 valence electrons. The van der Waals surface area contributed by atoms with Crippen LogP contribution >= 0.6 is 11.6 Å². The maximum atomic E-state index is 9.93. The van der Waals surface area contributed by atoms with Gasteiger partial charge < -0.3 is 24.3 Å². The van der Waals surface area contributed by atoms with Crippen LogP contribution in [0.4, 0.5) is 0 Å². The quantitative estimate of drug-likeness (QED) is 0.361. The maximum Gasteiger partial charge on any atom is 0.296 e. The highest BCUT2D eigenvalue weighted by atomic mass is 35.5. The molecule has 0 amide bonds. The first-order chi connectivity index (χ1) is 18.1. The topological polar surface area (TPSA) is 133 Å². The summed E-state index contributed by atoms with van der Waals surface area (Å²) in [4.78, 5) is 16.8. The van der Waals surface area contributed by atoms with Gasteiger partial charge in [-0.25, -0.2) is 9.97 Å². The van der Waals surface area contributed by atoms with Crippen LogP contribution < -0.4 is 4.74 Å². The zero-order valence-electron chi connectivity index (χ0n) is 19.2. The highest BCUT2D eigenvalue weighted by molar-refractivity contribution is 6.33. The van der Waals surface area contributed by atoms with Crippen LogP contribution in [0.3, 0.4) is 0 Å². The number of aromatic amines is 1. The molecule has 4 aromatic heterocycles. The fourth-order valence-corrected chi connectivity index (χ4v) is 4.95. The molecule has 2 unspecified atom stereocenters. The summed E-state index contributed by atoms with van der Waals surface area (Å²) in [6, 6.07) is 13.9. The summed E-state index contributed by atoms with van der Waals surface area (Å²) in [5.74, 6) is 0.741. The van der Waals surface area contributed by atoms with Gasteiger partial charge in [-0.3, -0.25) is 4.57 Å². The number of aliphatic hydroxyl groups excluding tert-OH is 1. The summed E-state index contributed by atoms with van der Waals surface area (Å²) in [7, 11) is 0. The fourth-order valence-electron chi connectivity index (χ4n) is 4.69. The minimum Gasteiger partial charge on any atom is -0.456 e. The lowest BCUT2D eigenvalue weighted by molar-refractivity contribution is 0.00706. The molecule has 7 rings (SSSR count). The van der Waals surface area contributed by atoms with Crippen LogP contribution in [-0.4, -0.2) is 77.4 Å². The molecule has 0 saturated carbocycles. The Kier molecular flexibility index (Phi) is 5.36. The molecule has 37 heavy (non-hydrogen) atoms. The summed E-state index contributed by atoms with van der Waals surface area (Å²) in [6.07, 6.45) is 3.30. The number of hydrogen-bond acceptors (Lipinski definition) is 9. The van der Waals surface area contributed by atoms with Crippen LogP contribution in [-0.2, 0) is 9.47 Å². The van der Waals surface area contributed by atoms with Crippen molar-refractivity contribution in [3.05, 3.63) is 66.3 Å². The molecule has 12 heteroatoms. The SMILES string of the molecule is O[C@@H]1COC2C1OC[C@H]2Oc1nc2nc(-c3ccc(-c4ccc(-n5cnnc5)nc4)cc3)c(Cl)cc2[nH]1. The molecule has 0 radical (unpaired) electrons. The van der Waals surface area contributed by atoms with Gasteiger partial charge in [-0.15, -0.1) is 10.2 Å². The molecule has 2 aliphatic rings. The van der Waals surface area contributed by atoms with E-state index in [1.165, 1.54) is 0 Å². The molecule has 2 N–H and O–H groups in total. The number of aliphatic hydroxyl groups is 1. The highest BCUT2D eigenvalue weighted by Gasteiger charge is 2.48. The number of H-pyrrole nitrogens is 1. The van der Waals surface area contributed by atoms with Crippen molar-refractivity contribution >= 4 is 22.8 Å². The largest absolute Gasteiger partial charge is 0.456 e. The lowest BCUT2D eigenvalue weighted by atomic mass is 10.0. The van der Waals surface area contributed by atoms with Crippen LogP contribution in [0.25, 0.3) is 39.4 Å². The number of rotatable bonds is 5. The third kappa shape index (κ3) is 4.02. The van der Waals surface area contributed by atoms with Crippen LogP contribution in [0.2, 0.25) is 5.02 Å². The zero-order valence-corrected chi connectivity index (χ0v) is 20.0. The zero-order chi connectivity index (χ0) is 24.9. The number of nitrogens with one attached hydrogen (secondary N) is 1. The molecular formula is C25H20ClN7O4. The van der Waals surface area contributed by atoms with Crippen LogP contribution in [0, 0.1) is 0 Å². The molecule has 6 heterocycles. The molecule has 11 nitrogen and oxygen atoms in total. The van der Waals surface area contributed by atoms with E-state index in [1.54, 1.807) is 23.3 Å². The number of nitrogens with zero attached hydrogens (tertiary/aromatic N) is 6. The molecule has 2 aliphatic heterocycles. The first-order valence-electron chi connectivity index (χ1n) is 11.7. The minimum absolute atomic E-state index is 0.236. The van der Waals surface area contributed by atoms with Gasteiger partial charge >= 0.3 is 0 Å². The van der Waals surface area contributed by atoms with Gasteiger partial charge in [0.05, 0.1) is 29.4 Å². The minimum atomic E-state index is -0.640. The summed E-state index contributed by atoms with van der Waals surface area (Å²) >= 11 is 6.59. The standard InChI is InChI=1S/C25H20ClN7O4/c26-16-7-17-24(32-25(30-17)37-19-10-36-22-18(34)9-35-23(19)22)31-21(16)14-3-1-13(2-4-14)15-5-6-20(27-8-15)33-11-28-29-12-33/h1-8,11-12,18-19,22-23,34H,9-10H2,(H,30,31,32)/t18-,19-,22?,23?/m1/s1. The van der Waals surface area contributed by atoms with E-state index < -0.39 is 6.10 Å². The number of ether oxygens (including phenoxy) is 3.